The summed E-state index contributed by atoms with van der Waals surface area (Å²) in [5.74, 6) is 1.09. The summed E-state index contributed by atoms with van der Waals surface area (Å²) in [6.07, 6.45) is 9.33. The summed E-state index contributed by atoms with van der Waals surface area (Å²) in [5, 5.41) is 2.77. The Morgan fingerprint density at radius 1 is 1.24 bits per heavy atom. The van der Waals surface area contributed by atoms with Crippen LogP contribution in [0, 0.1) is 0 Å². The number of hydrogen-bond acceptors (Lipinski definition) is 3. The number of carbonyl (C=O) groups is 1. The molecule has 5 heteroatoms. The fraction of sp³-hybridized carbons (Fsp3) is 0.375. The Morgan fingerprint density at radius 3 is 2.71 bits per heavy atom. The summed E-state index contributed by atoms with van der Waals surface area (Å²) in [4.78, 5) is 16.2. The van der Waals surface area contributed by atoms with Gasteiger partial charge in [0, 0.05) is 36.4 Å². The van der Waals surface area contributed by atoms with Gasteiger partial charge in [0.2, 0.25) is 5.91 Å². The van der Waals surface area contributed by atoms with E-state index in [0.29, 0.717) is 0 Å². The fourth-order valence-electron chi connectivity index (χ4n) is 2.02. The summed E-state index contributed by atoms with van der Waals surface area (Å²) >= 11 is 1.86. The average Bonchev–Trinajstić information content (AvgIpc) is 2.97. The number of aryl methyl sites for hydroxylation is 1. The van der Waals surface area contributed by atoms with Crippen LogP contribution in [0.4, 0.5) is 5.69 Å². The molecule has 0 aliphatic carbocycles. The van der Waals surface area contributed by atoms with E-state index in [4.69, 9.17) is 0 Å². The van der Waals surface area contributed by atoms with E-state index in [1.807, 2.05) is 42.6 Å². The van der Waals surface area contributed by atoms with Crippen molar-refractivity contribution in [1.29, 1.82) is 0 Å². The monoisotopic (exact) mass is 303 g/mol. The van der Waals surface area contributed by atoms with E-state index >= 15 is 0 Å². The van der Waals surface area contributed by atoms with Gasteiger partial charge in [-0.15, -0.1) is 11.8 Å². The number of benzene rings is 1. The third-order valence-electron chi connectivity index (χ3n) is 3.06. The number of aromatic nitrogens is 2. The second-order valence-electron chi connectivity index (χ2n) is 4.92. The Balaban J connectivity index is 1.59. The molecule has 0 aliphatic rings. The number of imidazole rings is 1. The molecule has 1 amide bonds. The number of nitrogens with zero attached hydrogens (tertiary/aromatic N) is 2. The topological polar surface area (TPSA) is 46.9 Å². The molecule has 1 aromatic heterocycles. The first-order valence-electron chi connectivity index (χ1n) is 7.20. The Morgan fingerprint density at radius 2 is 2.05 bits per heavy atom. The Hall–Kier alpha value is -1.75. The molecule has 1 aromatic carbocycles. The molecule has 0 atom stereocenters. The van der Waals surface area contributed by atoms with Gasteiger partial charge in [0.1, 0.15) is 0 Å². The molecule has 0 saturated carbocycles. The highest BCUT2D eigenvalue weighted by atomic mass is 32.2. The normalized spacial score (nSPS) is 10.5. The van der Waals surface area contributed by atoms with Crippen molar-refractivity contribution >= 4 is 23.4 Å². The molecule has 112 valence electrons. The highest BCUT2D eigenvalue weighted by Gasteiger charge is 1.98. The molecule has 4 nitrogen and oxygen atoms in total. The molecular weight excluding hydrogens is 282 g/mol. The second-order valence-corrected chi connectivity index (χ2v) is 6.08. The number of rotatable bonds is 8. The molecule has 0 spiro atoms. The van der Waals surface area contributed by atoms with Crippen LogP contribution in [0.2, 0.25) is 0 Å². The zero-order chi connectivity index (χ0) is 14.9. The molecule has 2 rings (SSSR count). The average molecular weight is 303 g/mol. The van der Waals surface area contributed by atoms with Crippen molar-refractivity contribution in [2.45, 2.75) is 37.6 Å². The number of thioether (sulfide) groups is 1. The number of anilines is 1. The minimum atomic E-state index is -0.0340. The first-order chi connectivity index (χ1) is 10.2. The van der Waals surface area contributed by atoms with Gasteiger partial charge in [0.05, 0.1) is 6.33 Å². The van der Waals surface area contributed by atoms with Gasteiger partial charge >= 0.3 is 0 Å². The lowest BCUT2D eigenvalue weighted by Crippen LogP contribution is -2.05. The zero-order valence-corrected chi connectivity index (χ0v) is 13.1. The molecule has 0 unspecified atom stereocenters. The van der Waals surface area contributed by atoms with Gasteiger partial charge in [-0.25, -0.2) is 4.98 Å². The van der Waals surface area contributed by atoms with E-state index < -0.39 is 0 Å². The Labute approximate surface area is 130 Å². The molecule has 1 N–H and O–H groups in total. The van der Waals surface area contributed by atoms with E-state index in [1.165, 1.54) is 31.1 Å². The van der Waals surface area contributed by atoms with E-state index in [0.717, 1.165) is 18.0 Å². The van der Waals surface area contributed by atoms with Gasteiger partial charge in [0.15, 0.2) is 0 Å². The quantitative estimate of drug-likeness (QED) is 0.596. The van der Waals surface area contributed by atoms with E-state index in [-0.39, 0.29) is 5.91 Å². The molecule has 0 saturated heterocycles. The molecule has 0 aliphatic heterocycles. The van der Waals surface area contributed by atoms with Crippen LogP contribution in [-0.2, 0) is 11.3 Å². The summed E-state index contributed by atoms with van der Waals surface area (Å²) in [6, 6.07) is 8.01. The number of nitrogens with one attached hydrogen (secondary N) is 1. The lowest BCUT2D eigenvalue weighted by atomic mass is 10.2. The lowest BCUT2D eigenvalue weighted by Gasteiger charge is -2.05. The van der Waals surface area contributed by atoms with Crippen LogP contribution in [0.3, 0.4) is 0 Å². The molecule has 21 heavy (non-hydrogen) atoms. The van der Waals surface area contributed by atoms with Crippen LogP contribution in [-0.4, -0.2) is 21.2 Å². The van der Waals surface area contributed by atoms with Crippen LogP contribution in [0.15, 0.2) is 47.9 Å². The predicted octanol–water partition coefficient (Wildman–Crippen LogP) is 3.80. The molecular formula is C16H21N3OS. The van der Waals surface area contributed by atoms with E-state index in [1.54, 1.807) is 0 Å². The molecule has 2 aromatic rings. The van der Waals surface area contributed by atoms with Gasteiger partial charge in [-0.2, -0.15) is 0 Å². The maximum Gasteiger partial charge on any atom is 0.221 e. The van der Waals surface area contributed by atoms with Gasteiger partial charge in [-0.1, -0.05) is 6.42 Å². The second kappa shape index (κ2) is 8.52. The van der Waals surface area contributed by atoms with Gasteiger partial charge < -0.3 is 9.88 Å². The van der Waals surface area contributed by atoms with Crippen molar-refractivity contribution in [3.8, 4) is 0 Å². The third kappa shape index (κ3) is 6.04. The maximum atomic E-state index is 10.9. The zero-order valence-electron chi connectivity index (χ0n) is 12.3. The van der Waals surface area contributed by atoms with Crippen molar-refractivity contribution in [1.82, 2.24) is 9.55 Å². The van der Waals surface area contributed by atoms with Crippen molar-refractivity contribution in [2.75, 3.05) is 11.1 Å². The largest absolute Gasteiger partial charge is 0.337 e. The number of amides is 1. The number of hydrogen-bond donors (Lipinski definition) is 1. The summed E-state index contributed by atoms with van der Waals surface area (Å²) in [6.45, 7) is 2.57. The minimum Gasteiger partial charge on any atom is -0.337 e. The third-order valence-corrected chi connectivity index (χ3v) is 4.16. The maximum absolute atomic E-state index is 10.9. The first-order valence-corrected chi connectivity index (χ1v) is 8.19. The highest BCUT2D eigenvalue weighted by Crippen LogP contribution is 2.21. The fourth-order valence-corrected chi connectivity index (χ4v) is 2.93. The first kappa shape index (κ1) is 15.6. The van der Waals surface area contributed by atoms with Gasteiger partial charge in [-0.3, -0.25) is 4.79 Å². The summed E-state index contributed by atoms with van der Waals surface area (Å²) in [7, 11) is 0. The van der Waals surface area contributed by atoms with Gasteiger partial charge in [0.25, 0.3) is 0 Å². The van der Waals surface area contributed by atoms with Crippen LogP contribution in [0.5, 0.6) is 0 Å². The standard InChI is InChI=1S/C16H21N3OS/c1-14(20)18-15-5-7-16(8-6-15)21-12-4-2-3-10-19-11-9-17-13-19/h5-9,11,13H,2-4,10,12H2,1H3,(H,18,20). The van der Waals surface area contributed by atoms with Crippen molar-refractivity contribution < 1.29 is 4.79 Å². The molecule has 0 fully saturated rings. The van der Waals surface area contributed by atoms with Crippen LogP contribution >= 0.6 is 11.8 Å². The highest BCUT2D eigenvalue weighted by molar-refractivity contribution is 7.99. The van der Waals surface area contributed by atoms with Gasteiger partial charge in [-0.05, 0) is 42.9 Å². The number of unbranched alkanes of at least 4 members (excludes halogenated alkanes) is 2. The SMILES string of the molecule is CC(=O)Nc1ccc(SCCCCCn2ccnc2)cc1. The summed E-state index contributed by atoms with van der Waals surface area (Å²) < 4.78 is 2.12. The van der Waals surface area contributed by atoms with E-state index in [2.05, 4.69) is 27.0 Å². The Bertz CT molecular complexity index is 537. The number of carbonyl (C=O) groups excluding carboxylic acids is 1. The van der Waals surface area contributed by atoms with Crippen LogP contribution < -0.4 is 5.32 Å². The van der Waals surface area contributed by atoms with E-state index in [9.17, 15) is 4.79 Å². The minimum absolute atomic E-state index is 0.0340. The molecule has 0 radical (unpaired) electrons. The Kier molecular flexibility index (Phi) is 6.34. The summed E-state index contributed by atoms with van der Waals surface area (Å²) in [5.41, 5.74) is 0.854. The smallest absolute Gasteiger partial charge is 0.221 e. The van der Waals surface area contributed by atoms with Crippen LogP contribution in [0.25, 0.3) is 0 Å². The van der Waals surface area contributed by atoms with Crippen molar-refractivity contribution in [3.05, 3.63) is 43.0 Å². The predicted molar refractivity (Wildman–Crippen MR) is 87.5 cm³/mol. The van der Waals surface area contributed by atoms with Crippen LogP contribution in [0.1, 0.15) is 26.2 Å². The molecule has 0 bridgehead atoms. The molecule has 1 heterocycles. The lowest BCUT2D eigenvalue weighted by molar-refractivity contribution is -0.114. The van der Waals surface area contributed by atoms with Crippen molar-refractivity contribution in [3.63, 3.8) is 0 Å². The van der Waals surface area contributed by atoms with Crippen molar-refractivity contribution in [2.24, 2.45) is 0 Å².